The average Bonchev–Trinajstić information content (AvgIpc) is 2.74. The van der Waals surface area contributed by atoms with E-state index in [0.29, 0.717) is 11.5 Å². The maximum atomic E-state index is 12.3. The van der Waals surface area contributed by atoms with Crippen molar-refractivity contribution in [1.82, 2.24) is 9.80 Å². The van der Waals surface area contributed by atoms with Gasteiger partial charge < -0.3 is 24.6 Å². The fourth-order valence-corrected chi connectivity index (χ4v) is 4.27. The first-order chi connectivity index (χ1) is 14.4. The Hall–Kier alpha value is -1.91. The van der Waals surface area contributed by atoms with Crippen molar-refractivity contribution in [2.45, 2.75) is 6.92 Å². The Morgan fingerprint density at radius 3 is 2.57 bits per heavy atom. The van der Waals surface area contributed by atoms with E-state index in [4.69, 9.17) is 21.7 Å². The second-order valence-electron chi connectivity index (χ2n) is 7.24. The lowest BCUT2D eigenvalue weighted by Gasteiger charge is -2.34. The highest BCUT2D eigenvalue weighted by Gasteiger charge is 2.21. The minimum atomic E-state index is -0.223. The molecule has 3 rings (SSSR count). The molecule has 0 spiro atoms. The number of benzene rings is 2. The van der Waals surface area contributed by atoms with E-state index in [1.165, 1.54) is 0 Å². The summed E-state index contributed by atoms with van der Waals surface area (Å²) in [4.78, 5) is 17.7. The molecule has 1 aliphatic heterocycles. The summed E-state index contributed by atoms with van der Waals surface area (Å²) >= 11 is 7.92. The molecule has 30 heavy (non-hydrogen) atoms. The number of para-hydroxylation sites is 1. The third-order valence-electron chi connectivity index (χ3n) is 5.03. The van der Waals surface area contributed by atoms with Crippen LogP contribution in [0, 0.1) is 10.5 Å². The van der Waals surface area contributed by atoms with E-state index in [0.717, 1.165) is 51.6 Å². The number of methoxy groups -OCH3 is 1. The topological polar surface area (TPSA) is 54.0 Å². The number of likely N-dealkylation sites (N-methyl/N-ethyl adjacent to an activating group) is 1. The molecule has 0 aromatic heterocycles. The van der Waals surface area contributed by atoms with Crippen LogP contribution in [0.1, 0.15) is 11.1 Å². The lowest BCUT2D eigenvalue weighted by molar-refractivity contribution is -0.118. The van der Waals surface area contributed by atoms with Gasteiger partial charge in [0.25, 0.3) is 5.91 Å². The van der Waals surface area contributed by atoms with E-state index in [1.807, 2.05) is 43.3 Å². The molecule has 0 bridgehead atoms. The Labute approximate surface area is 196 Å². The van der Waals surface area contributed by atoms with Crippen LogP contribution in [-0.4, -0.2) is 67.6 Å². The van der Waals surface area contributed by atoms with Crippen LogP contribution in [0.3, 0.4) is 0 Å². The average molecular weight is 539 g/mol. The highest BCUT2D eigenvalue weighted by Crippen LogP contribution is 2.34. The fourth-order valence-electron chi connectivity index (χ4n) is 3.21. The number of rotatable bonds is 6. The summed E-state index contributed by atoms with van der Waals surface area (Å²) in [5.74, 6) is 0.888. The SMILES string of the molecule is COc1cc(C(=S)N2CCN(C)CC2)cc(I)c1OCC(=O)Nc1ccccc1C. The molecule has 0 atom stereocenters. The number of piperazine rings is 1. The summed E-state index contributed by atoms with van der Waals surface area (Å²) in [6.07, 6.45) is 0. The maximum absolute atomic E-state index is 12.3. The second-order valence-corrected chi connectivity index (χ2v) is 8.79. The van der Waals surface area contributed by atoms with Gasteiger partial charge in [0.15, 0.2) is 18.1 Å². The van der Waals surface area contributed by atoms with Gasteiger partial charge in [0.2, 0.25) is 0 Å². The van der Waals surface area contributed by atoms with Gasteiger partial charge in [-0.15, -0.1) is 0 Å². The van der Waals surface area contributed by atoms with Crippen LogP contribution in [0.2, 0.25) is 0 Å². The number of halogens is 1. The number of carbonyl (C=O) groups excluding carboxylic acids is 1. The van der Waals surface area contributed by atoms with Crippen molar-refractivity contribution >= 4 is 51.4 Å². The number of amides is 1. The molecule has 0 radical (unpaired) electrons. The number of hydrogen-bond acceptors (Lipinski definition) is 5. The Balaban J connectivity index is 1.69. The number of aryl methyl sites for hydroxylation is 1. The minimum absolute atomic E-state index is 0.108. The van der Waals surface area contributed by atoms with Crippen molar-refractivity contribution in [3.8, 4) is 11.5 Å². The zero-order valence-corrected chi connectivity index (χ0v) is 20.4. The first-order valence-corrected chi connectivity index (χ1v) is 11.2. The normalized spacial score (nSPS) is 14.3. The van der Waals surface area contributed by atoms with Gasteiger partial charge in [-0.2, -0.15) is 0 Å². The molecule has 2 aromatic carbocycles. The van der Waals surface area contributed by atoms with Crippen LogP contribution >= 0.6 is 34.8 Å². The molecule has 1 aliphatic rings. The maximum Gasteiger partial charge on any atom is 0.262 e. The van der Waals surface area contributed by atoms with Gasteiger partial charge in [-0.05, 0) is 60.3 Å². The summed E-state index contributed by atoms with van der Waals surface area (Å²) < 4.78 is 12.2. The predicted octanol–water partition coefficient (Wildman–Crippen LogP) is 3.55. The lowest BCUT2D eigenvalue weighted by Crippen LogP contribution is -2.46. The van der Waals surface area contributed by atoms with Gasteiger partial charge in [-0.3, -0.25) is 4.79 Å². The van der Waals surface area contributed by atoms with Crippen LogP contribution in [0.25, 0.3) is 0 Å². The molecule has 8 heteroatoms. The predicted molar refractivity (Wildman–Crippen MR) is 132 cm³/mol. The number of hydrogen-bond donors (Lipinski definition) is 1. The van der Waals surface area contributed by atoms with Crippen LogP contribution in [-0.2, 0) is 4.79 Å². The molecule has 1 amide bonds. The molecule has 1 heterocycles. The van der Waals surface area contributed by atoms with Crippen molar-refractivity contribution in [3.63, 3.8) is 0 Å². The minimum Gasteiger partial charge on any atom is -0.493 e. The molecule has 2 aromatic rings. The van der Waals surface area contributed by atoms with E-state index in [1.54, 1.807) is 7.11 Å². The zero-order valence-electron chi connectivity index (χ0n) is 17.4. The zero-order chi connectivity index (χ0) is 21.7. The third kappa shape index (κ3) is 5.61. The number of nitrogens with zero attached hydrogens (tertiary/aromatic N) is 2. The highest BCUT2D eigenvalue weighted by molar-refractivity contribution is 14.1. The first kappa shape index (κ1) is 22.8. The Morgan fingerprint density at radius 1 is 1.20 bits per heavy atom. The fraction of sp³-hybridized carbons (Fsp3) is 0.364. The Bertz CT molecular complexity index is 930. The summed E-state index contributed by atoms with van der Waals surface area (Å²) in [5.41, 5.74) is 2.70. The molecule has 0 unspecified atom stereocenters. The summed E-state index contributed by atoms with van der Waals surface area (Å²) in [7, 11) is 3.71. The van der Waals surface area contributed by atoms with Crippen molar-refractivity contribution in [2.75, 3.05) is 52.3 Å². The smallest absolute Gasteiger partial charge is 0.262 e. The highest BCUT2D eigenvalue weighted by atomic mass is 127. The molecule has 0 aliphatic carbocycles. The van der Waals surface area contributed by atoms with E-state index >= 15 is 0 Å². The van der Waals surface area contributed by atoms with Gasteiger partial charge in [0, 0.05) is 37.4 Å². The van der Waals surface area contributed by atoms with E-state index in [2.05, 4.69) is 44.8 Å². The number of anilines is 1. The monoisotopic (exact) mass is 539 g/mol. The van der Waals surface area contributed by atoms with Crippen LogP contribution in [0.5, 0.6) is 11.5 Å². The van der Waals surface area contributed by atoms with Crippen molar-refractivity contribution in [1.29, 1.82) is 0 Å². The quantitative estimate of drug-likeness (QED) is 0.448. The summed E-state index contributed by atoms with van der Waals surface area (Å²) in [6, 6.07) is 11.5. The van der Waals surface area contributed by atoms with Gasteiger partial charge >= 0.3 is 0 Å². The van der Waals surface area contributed by atoms with Gasteiger partial charge in [-0.1, -0.05) is 30.4 Å². The van der Waals surface area contributed by atoms with Crippen molar-refractivity contribution < 1.29 is 14.3 Å². The van der Waals surface area contributed by atoms with Crippen LogP contribution in [0.4, 0.5) is 5.69 Å². The van der Waals surface area contributed by atoms with Gasteiger partial charge in [-0.25, -0.2) is 0 Å². The molecule has 1 saturated heterocycles. The molecule has 1 fully saturated rings. The molecule has 1 N–H and O–H groups in total. The number of ether oxygens (including phenoxy) is 2. The molecule has 160 valence electrons. The van der Waals surface area contributed by atoms with E-state index in [9.17, 15) is 4.79 Å². The largest absolute Gasteiger partial charge is 0.493 e. The molecule has 0 saturated carbocycles. The Kier molecular flexibility index (Phi) is 7.90. The van der Waals surface area contributed by atoms with Crippen molar-refractivity contribution in [2.24, 2.45) is 0 Å². The van der Waals surface area contributed by atoms with Crippen LogP contribution < -0.4 is 14.8 Å². The summed E-state index contributed by atoms with van der Waals surface area (Å²) in [6.45, 7) is 5.64. The van der Waals surface area contributed by atoms with Gasteiger partial charge in [0.05, 0.1) is 10.7 Å². The number of carbonyl (C=O) groups is 1. The Morgan fingerprint density at radius 2 is 1.90 bits per heavy atom. The second kappa shape index (κ2) is 10.4. The third-order valence-corrected chi connectivity index (χ3v) is 6.33. The van der Waals surface area contributed by atoms with Gasteiger partial charge in [0.1, 0.15) is 4.99 Å². The van der Waals surface area contributed by atoms with Crippen LogP contribution in [0.15, 0.2) is 36.4 Å². The first-order valence-electron chi connectivity index (χ1n) is 9.72. The summed E-state index contributed by atoms with van der Waals surface area (Å²) in [5, 5.41) is 2.87. The van der Waals surface area contributed by atoms with Crippen molar-refractivity contribution in [3.05, 3.63) is 51.1 Å². The number of nitrogens with one attached hydrogen (secondary N) is 1. The molecular formula is C22H26IN3O3S. The van der Waals surface area contributed by atoms with E-state index < -0.39 is 0 Å². The number of thiocarbonyl (C=S) groups is 1. The lowest BCUT2D eigenvalue weighted by atomic mass is 10.1. The standard InChI is InChI=1S/C22H26IN3O3S/c1-15-6-4-5-7-18(15)24-20(27)14-29-21-17(23)12-16(13-19(21)28-3)22(30)26-10-8-25(2)9-11-26/h4-7,12-13H,8-11,14H2,1-3H3,(H,24,27). The molecular weight excluding hydrogens is 513 g/mol. The molecule has 6 nitrogen and oxygen atoms in total. The van der Waals surface area contributed by atoms with E-state index in [-0.39, 0.29) is 12.5 Å².